The normalized spacial score (nSPS) is 15.2. The van der Waals surface area contributed by atoms with Crippen molar-refractivity contribution in [1.82, 2.24) is 14.8 Å². The van der Waals surface area contributed by atoms with Crippen molar-refractivity contribution in [2.45, 2.75) is 18.9 Å². The van der Waals surface area contributed by atoms with Crippen molar-refractivity contribution in [3.8, 4) is 17.0 Å². The van der Waals surface area contributed by atoms with Crippen LogP contribution >= 0.6 is 0 Å². The molecule has 0 bridgehead atoms. The molecule has 0 saturated carbocycles. The average Bonchev–Trinajstić information content (AvgIpc) is 3.46. The fraction of sp³-hybridized carbons (Fsp3) is 0.143. The van der Waals surface area contributed by atoms with E-state index in [2.05, 4.69) is 56.6 Å². The van der Waals surface area contributed by atoms with Crippen molar-refractivity contribution in [1.29, 1.82) is 0 Å². The number of hydrogen-bond acceptors (Lipinski definition) is 3. The van der Waals surface area contributed by atoms with Crippen LogP contribution in [0.4, 0.5) is 5.69 Å². The minimum Gasteiger partial charge on any atom is -0.497 e. The third kappa shape index (κ3) is 3.44. The summed E-state index contributed by atoms with van der Waals surface area (Å²) in [6.07, 6.45) is 4.41. The smallest absolute Gasteiger partial charge is 0.225 e. The van der Waals surface area contributed by atoms with Gasteiger partial charge in [-0.2, -0.15) is 5.10 Å². The zero-order chi connectivity index (χ0) is 23.1. The van der Waals surface area contributed by atoms with E-state index < -0.39 is 0 Å². The molecule has 1 aliphatic heterocycles. The Kier molecular flexibility index (Phi) is 4.91. The zero-order valence-corrected chi connectivity index (χ0v) is 18.8. The van der Waals surface area contributed by atoms with Crippen LogP contribution in [0.2, 0.25) is 0 Å². The number of rotatable bonds is 5. The Balaban J connectivity index is 1.50. The first-order chi connectivity index (χ1) is 16.7. The van der Waals surface area contributed by atoms with Crippen LogP contribution in [0.3, 0.4) is 0 Å². The molecule has 6 rings (SSSR count). The second-order valence-corrected chi connectivity index (χ2v) is 8.63. The molecule has 1 unspecified atom stereocenters. The van der Waals surface area contributed by atoms with Gasteiger partial charge in [0.15, 0.2) is 0 Å². The summed E-state index contributed by atoms with van der Waals surface area (Å²) in [5, 5.41) is 11.8. The number of nitrogens with zero attached hydrogens (tertiary/aromatic N) is 2. The third-order valence-electron chi connectivity index (χ3n) is 6.59. The van der Waals surface area contributed by atoms with Gasteiger partial charge in [0, 0.05) is 41.6 Å². The first-order valence-electron chi connectivity index (χ1n) is 11.3. The molecule has 2 aromatic heterocycles. The van der Waals surface area contributed by atoms with Crippen LogP contribution < -0.4 is 10.1 Å². The molecular formula is C28H24N4O2. The quantitative estimate of drug-likeness (QED) is 0.370. The van der Waals surface area contributed by atoms with Crippen molar-refractivity contribution >= 4 is 22.5 Å². The Labute approximate surface area is 197 Å². The standard InChI is InChI=1S/C28H24N4O2/c1-34-20-12-10-19(11-13-20)28-22(15-29-31-28)21-14-26(33)30-24-8-5-9-25-27(24)23(21)17-32(25)16-18-6-3-2-4-7-18/h2-13,15,17,21H,14,16H2,1H3,(H,29,31)(H,30,33). The maximum atomic E-state index is 12.9. The van der Waals surface area contributed by atoms with Gasteiger partial charge >= 0.3 is 0 Å². The number of ether oxygens (including phenoxy) is 1. The highest BCUT2D eigenvalue weighted by Crippen LogP contribution is 2.43. The van der Waals surface area contributed by atoms with Gasteiger partial charge in [-0.3, -0.25) is 9.89 Å². The zero-order valence-electron chi connectivity index (χ0n) is 18.8. The van der Waals surface area contributed by atoms with Gasteiger partial charge in [-0.15, -0.1) is 0 Å². The molecule has 0 fully saturated rings. The van der Waals surface area contributed by atoms with E-state index in [9.17, 15) is 4.79 Å². The van der Waals surface area contributed by atoms with E-state index in [0.717, 1.165) is 51.3 Å². The molecule has 1 aliphatic rings. The highest BCUT2D eigenvalue weighted by Gasteiger charge is 2.30. The maximum absolute atomic E-state index is 12.9. The number of carbonyl (C=O) groups excluding carboxylic acids is 1. The third-order valence-corrected chi connectivity index (χ3v) is 6.59. The molecule has 0 spiro atoms. The van der Waals surface area contributed by atoms with Gasteiger partial charge in [0.05, 0.1) is 30.2 Å². The van der Waals surface area contributed by atoms with E-state index in [1.54, 1.807) is 7.11 Å². The topological polar surface area (TPSA) is 71.9 Å². The predicted octanol–water partition coefficient (Wildman–Crippen LogP) is 5.56. The van der Waals surface area contributed by atoms with Gasteiger partial charge in [-0.05, 0) is 47.5 Å². The first kappa shape index (κ1) is 20.3. The average molecular weight is 449 g/mol. The molecule has 3 aromatic carbocycles. The van der Waals surface area contributed by atoms with Crippen LogP contribution in [0.5, 0.6) is 5.75 Å². The summed E-state index contributed by atoms with van der Waals surface area (Å²) in [6.45, 7) is 0.762. The van der Waals surface area contributed by atoms with Crippen LogP contribution in [0.15, 0.2) is 85.2 Å². The molecule has 2 N–H and O–H groups in total. The molecule has 3 heterocycles. The van der Waals surface area contributed by atoms with Crippen molar-refractivity contribution in [3.63, 3.8) is 0 Å². The van der Waals surface area contributed by atoms with Crippen molar-refractivity contribution < 1.29 is 9.53 Å². The number of benzene rings is 3. The highest BCUT2D eigenvalue weighted by molar-refractivity contribution is 6.06. The maximum Gasteiger partial charge on any atom is 0.225 e. The van der Waals surface area contributed by atoms with Crippen LogP contribution in [0, 0.1) is 0 Å². The predicted molar refractivity (Wildman–Crippen MR) is 133 cm³/mol. The number of anilines is 1. The lowest BCUT2D eigenvalue weighted by atomic mass is 9.87. The Morgan fingerprint density at radius 3 is 2.62 bits per heavy atom. The number of amides is 1. The molecular weight excluding hydrogens is 424 g/mol. The number of hydrogen-bond donors (Lipinski definition) is 2. The Hall–Kier alpha value is -4.32. The number of aromatic amines is 1. The summed E-state index contributed by atoms with van der Waals surface area (Å²) in [5.41, 5.74) is 7.28. The minimum absolute atomic E-state index is 0.00481. The molecule has 34 heavy (non-hydrogen) atoms. The number of carbonyl (C=O) groups is 1. The molecule has 5 aromatic rings. The number of aromatic nitrogens is 3. The SMILES string of the molecule is COc1ccc(-c2[nH]ncc2C2CC(=O)Nc3cccc4c3c2cn4Cc2ccccc2)cc1. The second-order valence-electron chi connectivity index (χ2n) is 8.63. The van der Waals surface area contributed by atoms with Crippen molar-refractivity contribution in [3.05, 3.63) is 102 Å². The van der Waals surface area contributed by atoms with Crippen molar-refractivity contribution in [2.75, 3.05) is 12.4 Å². The molecule has 6 heteroatoms. The fourth-order valence-corrected chi connectivity index (χ4v) is 4.99. The van der Waals surface area contributed by atoms with Crippen LogP contribution in [-0.4, -0.2) is 27.8 Å². The second kappa shape index (κ2) is 8.23. The summed E-state index contributed by atoms with van der Waals surface area (Å²) < 4.78 is 7.59. The molecule has 0 aliphatic carbocycles. The van der Waals surface area contributed by atoms with Gasteiger partial charge in [0.25, 0.3) is 0 Å². The van der Waals surface area contributed by atoms with Crippen LogP contribution in [-0.2, 0) is 11.3 Å². The van der Waals surface area contributed by atoms with Gasteiger partial charge in [-0.1, -0.05) is 36.4 Å². The Morgan fingerprint density at radius 1 is 1.00 bits per heavy atom. The molecule has 6 nitrogen and oxygen atoms in total. The molecule has 168 valence electrons. The number of nitrogens with one attached hydrogen (secondary N) is 2. The van der Waals surface area contributed by atoms with E-state index in [1.807, 2.05) is 48.7 Å². The monoisotopic (exact) mass is 448 g/mol. The first-order valence-corrected chi connectivity index (χ1v) is 11.3. The minimum atomic E-state index is -0.126. The van der Waals surface area contributed by atoms with Gasteiger partial charge in [0.2, 0.25) is 5.91 Å². The van der Waals surface area contributed by atoms with Gasteiger partial charge in [0.1, 0.15) is 5.75 Å². The summed E-state index contributed by atoms with van der Waals surface area (Å²) in [7, 11) is 1.66. The van der Waals surface area contributed by atoms with Gasteiger partial charge < -0.3 is 14.6 Å². The van der Waals surface area contributed by atoms with E-state index >= 15 is 0 Å². The number of methoxy groups -OCH3 is 1. The van der Waals surface area contributed by atoms with E-state index in [0.29, 0.717) is 6.42 Å². The molecule has 1 amide bonds. The van der Waals surface area contributed by atoms with Gasteiger partial charge in [-0.25, -0.2) is 0 Å². The van der Waals surface area contributed by atoms with Crippen LogP contribution in [0.25, 0.3) is 22.2 Å². The number of H-pyrrole nitrogens is 1. The molecule has 0 saturated heterocycles. The highest BCUT2D eigenvalue weighted by atomic mass is 16.5. The molecule has 1 atom stereocenters. The summed E-state index contributed by atoms with van der Waals surface area (Å²) in [6, 6.07) is 24.4. The van der Waals surface area contributed by atoms with E-state index in [1.165, 1.54) is 5.56 Å². The fourth-order valence-electron chi connectivity index (χ4n) is 4.99. The largest absolute Gasteiger partial charge is 0.497 e. The molecule has 0 radical (unpaired) electrons. The Morgan fingerprint density at radius 2 is 1.82 bits per heavy atom. The van der Waals surface area contributed by atoms with E-state index in [-0.39, 0.29) is 11.8 Å². The summed E-state index contributed by atoms with van der Waals surface area (Å²) >= 11 is 0. The summed E-state index contributed by atoms with van der Waals surface area (Å²) in [4.78, 5) is 12.9. The Bertz CT molecular complexity index is 1480. The van der Waals surface area contributed by atoms with Crippen molar-refractivity contribution in [2.24, 2.45) is 0 Å². The lowest BCUT2D eigenvalue weighted by Gasteiger charge is -2.15. The lowest BCUT2D eigenvalue weighted by molar-refractivity contribution is -0.116. The van der Waals surface area contributed by atoms with E-state index in [4.69, 9.17) is 4.74 Å². The summed E-state index contributed by atoms with van der Waals surface area (Å²) in [5.74, 6) is 0.677. The lowest BCUT2D eigenvalue weighted by Crippen LogP contribution is -2.14. The van der Waals surface area contributed by atoms with Crippen LogP contribution in [0.1, 0.15) is 29.0 Å².